The molecule has 0 atom stereocenters. The van der Waals surface area contributed by atoms with E-state index in [1.165, 1.54) is 25.3 Å². The Labute approximate surface area is 136 Å². The van der Waals surface area contributed by atoms with Gasteiger partial charge in [0, 0.05) is 0 Å². The van der Waals surface area contributed by atoms with Crippen molar-refractivity contribution in [3.05, 3.63) is 45.9 Å². The summed E-state index contributed by atoms with van der Waals surface area (Å²) < 4.78 is 32.6. The zero-order valence-corrected chi connectivity index (χ0v) is 14.1. The van der Waals surface area contributed by atoms with Crippen LogP contribution in [0.25, 0.3) is 0 Å². The largest absolute Gasteiger partial charge is 0.495 e. The Balaban J connectivity index is 2.39. The van der Waals surface area contributed by atoms with E-state index in [-0.39, 0.29) is 10.6 Å². The summed E-state index contributed by atoms with van der Waals surface area (Å²) in [5, 5.41) is 0.407. The first-order valence-corrected chi connectivity index (χ1v) is 8.41. The van der Waals surface area contributed by atoms with E-state index in [1.54, 1.807) is 18.2 Å². The number of nitrogens with one attached hydrogen (secondary N) is 1. The number of hydrogen-bond donors (Lipinski definition) is 2. The fourth-order valence-electron chi connectivity index (χ4n) is 1.67. The first kappa shape index (κ1) is 15.9. The lowest BCUT2D eigenvalue weighted by Gasteiger charge is -2.12. The molecule has 5 nitrogen and oxygen atoms in total. The summed E-state index contributed by atoms with van der Waals surface area (Å²) in [4.78, 5) is 0.0349. The minimum Gasteiger partial charge on any atom is -0.495 e. The lowest BCUT2D eigenvalue weighted by atomic mass is 10.3. The van der Waals surface area contributed by atoms with Crippen molar-refractivity contribution in [2.75, 3.05) is 17.6 Å². The molecule has 3 N–H and O–H groups in total. The van der Waals surface area contributed by atoms with Gasteiger partial charge in [-0.3, -0.25) is 4.72 Å². The van der Waals surface area contributed by atoms with Gasteiger partial charge in [-0.2, -0.15) is 0 Å². The van der Waals surface area contributed by atoms with Gasteiger partial charge in [-0.25, -0.2) is 8.42 Å². The molecule has 0 unspecified atom stereocenters. The van der Waals surface area contributed by atoms with Crippen LogP contribution in [0.4, 0.5) is 11.4 Å². The lowest BCUT2D eigenvalue weighted by molar-refractivity contribution is 0.416. The summed E-state index contributed by atoms with van der Waals surface area (Å²) in [6.07, 6.45) is 0. The number of sulfonamides is 1. The number of anilines is 2. The molecule has 0 spiro atoms. The van der Waals surface area contributed by atoms with E-state index < -0.39 is 10.0 Å². The summed E-state index contributed by atoms with van der Waals surface area (Å²) in [7, 11) is -2.31. The van der Waals surface area contributed by atoms with Crippen LogP contribution >= 0.6 is 27.5 Å². The van der Waals surface area contributed by atoms with E-state index in [9.17, 15) is 8.42 Å². The van der Waals surface area contributed by atoms with Gasteiger partial charge >= 0.3 is 0 Å². The fourth-order valence-corrected chi connectivity index (χ4v) is 3.44. The van der Waals surface area contributed by atoms with Gasteiger partial charge in [0.1, 0.15) is 5.75 Å². The maximum atomic E-state index is 12.3. The molecule has 2 rings (SSSR count). The Bertz CT molecular complexity index is 781. The van der Waals surface area contributed by atoms with Crippen LogP contribution in [0.3, 0.4) is 0 Å². The van der Waals surface area contributed by atoms with Crippen molar-refractivity contribution >= 4 is 48.9 Å². The summed E-state index contributed by atoms with van der Waals surface area (Å²) in [6, 6.07) is 9.13. The van der Waals surface area contributed by atoms with Gasteiger partial charge in [-0.05, 0) is 46.3 Å². The Morgan fingerprint density at radius 3 is 2.62 bits per heavy atom. The Morgan fingerprint density at radius 2 is 2.00 bits per heavy atom. The SMILES string of the molecule is COc1ccc(S(=O)(=O)Nc2cccc(Cl)c2Br)cc1N. The molecule has 0 fully saturated rings. The number of rotatable bonds is 4. The summed E-state index contributed by atoms with van der Waals surface area (Å²) in [6.45, 7) is 0. The van der Waals surface area contributed by atoms with E-state index in [0.29, 0.717) is 20.9 Å². The van der Waals surface area contributed by atoms with E-state index >= 15 is 0 Å². The summed E-state index contributed by atoms with van der Waals surface area (Å²) >= 11 is 9.17. The number of nitrogens with two attached hydrogens (primary N) is 1. The average molecular weight is 392 g/mol. The fraction of sp³-hybridized carbons (Fsp3) is 0.0769. The highest BCUT2D eigenvalue weighted by Crippen LogP contribution is 2.32. The van der Waals surface area contributed by atoms with Gasteiger partial charge in [-0.15, -0.1) is 0 Å². The highest BCUT2D eigenvalue weighted by molar-refractivity contribution is 9.10. The predicted molar refractivity (Wildman–Crippen MR) is 87.4 cm³/mol. The van der Waals surface area contributed by atoms with Crippen molar-refractivity contribution in [3.8, 4) is 5.75 Å². The van der Waals surface area contributed by atoms with Crippen LogP contribution in [0.5, 0.6) is 5.75 Å². The average Bonchev–Trinajstić information content (AvgIpc) is 2.43. The predicted octanol–water partition coefficient (Wildman–Crippen LogP) is 3.49. The Hall–Kier alpha value is -1.44. The van der Waals surface area contributed by atoms with E-state index in [4.69, 9.17) is 22.1 Å². The molecule has 0 radical (unpaired) electrons. The van der Waals surface area contributed by atoms with E-state index in [1.807, 2.05) is 0 Å². The van der Waals surface area contributed by atoms with Crippen molar-refractivity contribution in [1.82, 2.24) is 0 Å². The molecular weight excluding hydrogens is 380 g/mol. The van der Waals surface area contributed by atoms with Crippen LogP contribution < -0.4 is 15.2 Å². The standard InChI is InChI=1S/C13H12BrClN2O3S/c1-20-12-6-5-8(7-10(12)16)21(18,19)17-11-4-2-3-9(15)13(11)14/h2-7,17H,16H2,1H3. The highest BCUT2D eigenvalue weighted by Gasteiger charge is 2.17. The van der Waals surface area contributed by atoms with Gasteiger partial charge in [0.15, 0.2) is 0 Å². The van der Waals surface area contributed by atoms with Crippen molar-refractivity contribution < 1.29 is 13.2 Å². The third-order valence-electron chi connectivity index (χ3n) is 2.71. The van der Waals surface area contributed by atoms with Gasteiger partial charge in [0.25, 0.3) is 10.0 Å². The maximum Gasteiger partial charge on any atom is 0.262 e. The Morgan fingerprint density at radius 1 is 1.29 bits per heavy atom. The minimum absolute atomic E-state index is 0.0349. The summed E-state index contributed by atoms with van der Waals surface area (Å²) in [5.74, 6) is 0.415. The topological polar surface area (TPSA) is 81.4 Å². The second kappa shape index (κ2) is 6.13. The highest BCUT2D eigenvalue weighted by atomic mass is 79.9. The Kier molecular flexibility index (Phi) is 4.65. The van der Waals surface area contributed by atoms with E-state index in [2.05, 4.69) is 20.7 Å². The normalized spacial score (nSPS) is 11.2. The molecule has 2 aromatic carbocycles. The number of methoxy groups -OCH3 is 1. The first-order chi connectivity index (χ1) is 9.85. The second-order valence-corrected chi connectivity index (χ2v) is 6.99. The third kappa shape index (κ3) is 3.42. The monoisotopic (exact) mass is 390 g/mol. The second-order valence-electron chi connectivity index (χ2n) is 4.11. The van der Waals surface area contributed by atoms with Crippen LogP contribution in [0.2, 0.25) is 5.02 Å². The molecule has 0 aromatic heterocycles. The quantitative estimate of drug-likeness (QED) is 0.782. The molecule has 0 aliphatic carbocycles. The van der Waals surface area contributed by atoms with E-state index in [0.717, 1.165) is 0 Å². The first-order valence-electron chi connectivity index (χ1n) is 5.75. The lowest BCUT2D eigenvalue weighted by Crippen LogP contribution is -2.13. The van der Waals surface area contributed by atoms with Gasteiger partial charge in [-0.1, -0.05) is 17.7 Å². The molecule has 0 saturated carbocycles. The third-order valence-corrected chi connectivity index (χ3v) is 5.47. The number of nitrogen functional groups attached to an aromatic ring is 1. The molecule has 112 valence electrons. The van der Waals surface area contributed by atoms with Crippen LogP contribution in [0.1, 0.15) is 0 Å². The van der Waals surface area contributed by atoms with Crippen molar-refractivity contribution in [3.63, 3.8) is 0 Å². The van der Waals surface area contributed by atoms with Crippen LogP contribution in [-0.4, -0.2) is 15.5 Å². The van der Waals surface area contributed by atoms with Gasteiger partial charge in [0.05, 0.1) is 32.9 Å². The summed E-state index contributed by atoms with van der Waals surface area (Å²) in [5.41, 5.74) is 6.31. The van der Waals surface area contributed by atoms with Crippen LogP contribution in [-0.2, 0) is 10.0 Å². The number of hydrogen-bond acceptors (Lipinski definition) is 4. The molecule has 8 heteroatoms. The zero-order chi connectivity index (χ0) is 15.6. The maximum absolute atomic E-state index is 12.3. The minimum atomic E-state index is -3.77. The molecule has 0 amide bonds. The van der Waals surface area contributed by atoms with Crippen molar-refractivity contribution in [1.29, 1.82) is 0 Å². The molecule has 0 heterocycles. The van der Waals surface area contributed by atoms with Gasteiger partial charge in [0.2, 0.25) is 0 Å². The number of ether oxygens (including phenoxy) is 1. The molecule has 0 aliphatic rings. The molecule has 21 heavy (non-hydrogen) atoms. The smallest absolute Gasteiger partial charge is 0.262 e. The number of benzene rings is 2. The number of halogens is 2. The molecular formula is C13H12BrClN2O3S. The zero-order valence-electron chi connectivity index (χ0n) is 10.9. The molecule has 0 aliphatic heterocycles. The van der Waals surface area contributed by atoms with Crippen molar-refractivity contribution in [2.45, 2.75) is 4.90 Å². The van der Waals surface area contributed by atoms with Crippen LogP contribution in [0, 0.1) is 0 Å². The molecule has 0 bridgehead atoms. The van der Waals surface area contributed by atoms with Gasteiger partial charge < -0.3 is 10.5 Å². The van der Waals surface area contributed by atoms with Crippen LogP contribution in [0.15, 0.2) is 45.8 Å². The molecule has 0 saturated heterocycles. The van der Waals surface area contributed by atoms with Crippen molar-refractivity contribution in [2.24, 2.45) is 0 Å². The molecule has 2 aromatic rings.